The Balaban J connectivity index is 1.77. The van der Waals surface area contributed by atoms with Crippen LogP contribution in [0, 0.1) is 5.82 Å². The molecular weight excluding hydrogens is 253 g/mol. The van der Waals surface area contributed by atoms with Gasteiger partial charge in [0, 0.05) is 30.4 Å². The summed E-state index contributed by atoms with van der Waals surface area (Å²) in [6, 6.07) is 7.27. The summed E-state index contributed by atoms with van der Waals surface area (Å²) >= 11 is 0. The number of aryl methyl sites for hydroxylation is 1. The largest absolute Gasteiger partial charge is 0.303 e. The Kier molecular flexibility index (Phi) is 3.57. The van der Waals surface area contributed by atoms with Crippen LogP contribution in [0.15, 0.2) is 30.5 Å². The molecule has 1 aliphatic carbocycles. The Bertz CT molecular complexity index is 588. The van der Waals surface area contributed by atoms with Gasteiger partial charge >= 0.3 is 0 Å². The SMILES string of the molecule is C[C@@H](NC1CCCc2c1cnn2C)c1ccc(F)cc1. The highest BCUT2D eigenvalue weighted by atomic mass is 19.1. The molecule has 2 atom stereocenters. The first-order chi connectivity index (χ1) is 9.65. The second-order valence-electron chi connectivity index (χ2n) is 5.55. The van der Waals surface area contributed by atoms with Gasteiger partial charge in [0.2, 0.25) is 0 Å². The zero-order valence-electron chi connectivity index (χ0n) is 11.9. The van der Waals surface area contributed by atoms with Crippen molar-refractivity contribution in [3.63, 3.8) is 0 Å². The molecule has 0 fully saturated rings. The number of halogens is 1. The van der Waals surface area contributed by atoms with Crippen LogP contribution in [0.25, 0.3) is 0 Å². The van der Waals surface area contributed by atoms with Gasteiger partial charge < -0.3 is 5.32 Å². The number of nitrogens with one attached hydrogen (secondary N) is 1. The lowest BCUT2D eigenvalue weighted by Gasteiger charge is -2.27. The molecule has 4 heteroatoms. The van der Waals surface area contributed by atoms with E-state index in [0.717, 1.165) is 18.4 Å². The van der Waals surface area contributed by atoms with Crippen LogP contribution in [0.3, 0.4) is 0 Å². The average Bonchev–Trinajstić information content (AvgIpc) is 2.82. The lowest BCUT2D eigenvalue weighted by molar-refractivity contribution is 0.411. The Hall–Kier alpha value is -1.68. The smallest absolute Gasteiger partial charge is 0.123 e. The van der Waals surface area contributed by atoms with Crippen molar-refractivity contribution in [1.29, 1.82) is 0 Å². The number of fused-ring (bicyclic) bond motifs is 1. The number of nitrogens with zero attached hydrogens (tertiary/aromatic N) is 2. The first kappa shape index (κ1) is 13.3. The van der Waals surface area contributed by atoms with Crippen molar-refractivity contribution in [2.75, 3.05) is 0 Å². The van der Waals surface area contributed by atoms with Gasteiger partial charge in [-0.25, -0.2) is 4.39 Å². The van der Waals surface area contributed by atoms with Crippen molar-refractivity contribution < 1.29 is 4.39 Å². The molecule has 1 aromatic heterocycles. The maximum Gasteiger partial charge on any atom is 0.123 e. The van der Waals surface area contributed by atoms with E-state index < -0.39 is 0 Å². The Morgan fingerprint density at radius 3 is 2.85 bits per heavy atom. The van der Waals surface area contributed by atoms with E-state index in [9.17, 15) is 4.39 Å². The summed E-state index contributed by atoms with van der Waals surface area (Å²) < 4.78 is 15.0. The van der Waals surface area contributed by atoms with E-state index in [-0.39, 0.29) is 11.9 Å². The second kappa shape index (κ2) is 5.37. The maximum absolute atomic E-state index is 13.0. The van der Waals surface area contributed by atoms with E-state index in [2.05, 4.69) is 17.3 Å². The highest BCUT2D eigenvalue weighted by molar-refractivity contribution is 5.26. The van der Waals surface area contributed by atoms with Gasteiger partial charge in [-0.1, -0.05) is 12.1 Å². The van der Waals surface area contributed by atoms with Crippen LogP contribution < -0.4 is 5.32 Å². The maximum atomic E-state index is 13.0. The summed E-state index contributed by atoms with van der Waals surface area (Å²) in [7, 11) is 2.00. The zero-order valence-corrected chi connectivity index (χ0v) is 11.9. The van der Waals surface area contributed by atoms with Crippen molar-refractivity contribution in [3.05, 3.63) is 53.1 Å². The van der Waals surface area contributed by atoms with E-state index in [0.29, 0.717) is 6.04 Å². The highest BCUT2D eigenvalue weighted by Crippen LogP contribution is 2.31. The molecule has 1 N–H and O–H groups in total. The lowest BCUT2D eigenvalue weighted by atomic mass is 9.92. The van der Waals surface area contributed by atoms with Crippen molar-refractivity contribution in [2.45, 2.75) is 38.3 Å². The third-order valence-electron chi connectivity index (χ3n) is 4.20. The molecule has 0 amide bonds. The van der Waals surface area contributed by atoms with E-state index in [4.69, 9.17) is 0 Å². The van der Waals surface area contributed by atoms with Crippen LogP contribution >= 0.6 is 0 Å². The molecule has 0 saturated heterocycles. The number of aromatic nitrogens is 2. The molecule has 0 aliphatic heterocycles. The molecule has 1 heterocycles. The Morgan fingerprint density at radius 1 is 1.35 bits per heavy atom. The van der Waals surface area contributed by atoms with Crippen molar-refractivity contribution in [1.82, 2.24) is 15.1 Å². The predicted molar refractivity (Wildman–Crippen MR) is 76.8 cm³/mol. The topological polar surface area (TPSA) is 29.9 Å². The summed E-state index contributed by atoms with van der Waals surface area (Å²) in [5, 5.41) is 8.02. The van der Waals surface area contributed by atoms with Gasteiger partial charge in [-0.3, -0.25) is 4.68 Å². The molecule has 0 bridgehead atoms. The fourth-order valence-corrected chi connectivity index (χ4v) is 3.03. The van der Waals surface area contributed by atoms with Gasteiger partial charge in [-0.2, -0.15) is 5.10 Å². The van der Waals surface area contributed by atoms with Crippen LogP contribution in [0.5, 0.6) is 0 Å². The van der Waals surface area contributed by atoms with Gasteiger partial charge in [0.25, 0.3) is 0 Å². The summed E-state index contributed by atoms with van der Waals surface area (Å²) in [6.07, 6.45) is 5.39. The second-order valence-corrected chi connectivity index (χ2v) is 5.55. The average molecular weight is 273 g/mol. The van der Waals surface area contributed by atoms with Crippen LogP contribution in [0.2, 0.25) is 0 Å². The summed E-state index contributed by atoms with van der Waals surface area (Å²) in [5.74, 6) is -0.187. The third kappa shape index (κ3) is 2.48. The van der Waals surface area contributed by atoms with Gasteiger partial charge in [-0.15, -0.1) is 0 Å². The molecule has 2 aromatic rings. The van der Waals surface area contributed by atoms with Crippen LogP contribution in [-0.2, 0) is 13.5 Å². The molecule has 3 nitrogen and oxygen atoms in total. The molecular formula is C16H20FN3. The van der Waals surface area contributed by atoms with Crippen LogP contribution in [-0.4, -0.2) is 9.78 Å². The fraction of sp³-hybridized carbons (Fsp3) is 0.438. The molecule has 0 spiro atoms. The van der Waals surface area contributed by atoms with E-state index in [1.54, 1.807) is 0 Å². The molecule has 3 rings (SSSR count). The minimum atomic E-state index is -0.187. The highest BCUT2D eigenvalue weighted by Gasteiger charge is 2.24. The number of rotatable bonds is 3. The van der Waals surface area contributed by atoms with Gasteiger partial charge in [-0.05, 0) is 43.9 Å². The predicted octanol–water partition coefficient (Wildman–Crippen LogP) is 3.29. The first-order valence-corrected chi connectivity index (χ1v) is 7.17. The normalized spacial score (nSPS) is 19.6. The fourth-order valence-electron chi connectivity index (χ4n) is 3.03. The van der Waals surface area contributed by atoms with Gasteiger partial charge in [0.05, 0.1) is 6.20 Å². The summed E-state index contributed by atoms with van der Waals surface area (Å²) in [6.45, 7) is 2.12. The minimum absolute atomic E-state index is 0.187. The molecule has 106 valence electrons. The number of benzene rings is 1. The zero-order chi connectivity index (χ0) is 14.1. The first-order valence-electron chi connectivity index (χ1n) is 7.17. The van der Waals surface area contributed by atoms with Gasteiger partial charge in [0.15, 0.2) is 0 Å². The van der Waals surface area contributed by atoms with E-state index in [1.165, 1.54) is 29.8 Å². The number of hydrogen-bond donors (Lipinski definition) is 1. The molecule has 1 aromatic carbocycles. The van der Waals surface area contributed by atoms with Gasteiger partial charge in [0.1, 0.15) is 5.82 Å². The van der Waals surface area contributed by atoms with E-state index in [1.807, 2.05) is 30.1 Å². The summed E-state index contributed by atoms with van der Waals surface area (Å²) in [4.78, 5) is 0. The Morgan fingerprint density at radius 2 is 2.10 bits per heavy atom. The van der Waals surface area contributed by atoms with Crippen LogP contribution in [0.1, 0.15) is 48.7 Å². The van der Waals surface area contributed by atoms with Crippen molar-refractivity contribution in [3.8, 4) is 0 Å². The van der Waals surface area contributed by atoms with Crippen molar-refractivity contribution >= 4 is 0 Å². The number of hydrogen-bond acceptors (Lipinski definition) is 2. The Labute approximate surface area is 118 Å². The minimum Gasteiger partial charge on any atom is -0.303 e. The molecule has 0 saturated carbocycles. The van der Waals surface area contributed by atoms with Crippen LogP contribution in [0.4, 0.5) is 4.39 Å². The molecule has 20 heavy (non-hydrogen) atoms. The quantitative estimate of drug-likeness (QED) is 0.930. The van der Waals surface area contributed by atoms with Crippen molar-refractivity contribution in [2.24, 2.45) is 7.05 Å². The summed E-state index contributed by atoms with van der Waals surface area (Å²) in [5.41, 5.74) is 3.76. The van der Waals surface area contributed by atoms with E-state index >= 15 is 0 Å². The standard InChI is InChI=1S/C16H20FN3/c1-11(12-6-8-13(17)9-7-12)19-15-4-3-5-16-14(15)10-18-20(16)2/h6-11,15,19H,3-5H2,1-2H3/t11-,15?/m1/s1. The molecule has 1 unspecified atom stereocenters. The molecule has 0 radical (unpaired) electrons. The lowest BCUT2D eigenvalue weighted by Crippen LogP contribution is -2.27. The monoisotopic (exact) mass is 273 g/mol. The third-order valence-corrected chi connectivity index (χ3v) is 4.20. The molecule has 1 aliphatic rings.